The van der Waals surface area contributed by atoms with Gasteiger partial charge in [0.15, 0.2) is 11.2 Å². The van der Waals surface area contributed by atoms with Crippen molar-refractivity contribution < 1.29 is 13.9 Å². The van der Waals surface area contributed by atoms with Crippen molar-refractivity contribution in [2.45, 2.75) is 13.3 Å². The quantitative estimate of drug-likeness (QED) is 0.451. The number of nitrogens with zero attached hydrogens (tertiary/aromatic N) is 2. The minimum absolute atomic E-state index is 0.287. The topological polar surface area (TPSA) is 77.2 Å². The summed E-state index contributed by atoms with van der Waals surface area (Å²) in [5.41, 5.74) is 2.73. The zero-order chi connectivity index (χ0) is 20.2. The Morgan fingerprint density at radius 3 is 2.90 bits per heavy atom. The molecule has 1 N–H and O–H groups in total. The highest BCUT2D eigenvalue weighted by atomic mass is 35.5. The van der Waals surface area contributed by atoms with Gasteiger partial charge < -0.3 is 14.5 Å². The Bertz CT molecular complexity index is 1140. The van der Waals surface area contributed by atoms with E-state index in [1.165, 1.54) is 0 Å². The number of halogens is 1. The zero-order valence-corrected chi connectivity index (χ0v) is 16.4. The van der Waals surface area contributed by atoms with Gasteiger partial charge in [0.1, 0.15) is 5.75 Å². The van der Waals surface area contributed by atoms with Gasteiger partial charge in [-0.2, -0.15) is 4.98 Å². The zero-order valence-electron chi connectivity index (χ0n) is 15.7. The molecule has 4 aromatic rings. The summed E-state index contributed by atoms with van der Waals surface area (Å²) in [6, 6.07) is 15.8. The fraction of sp³-hybridized carbons (Fsp3) is 0.136. The summed E-state index contributed by atoms with van der Waals surface area (Å²) in [7, 11) is 0. The van der Waals surface area contributed by atoms with Gasteiger partial charge in [-0.15, -0.1) is 0 Å². The Morgan fingerprint density at radius 2 is 2.07 bits per heavy atom. The first-order chi connectivity index (χ1) is 14.1. The van der Waals surface area contributed by atoms with Crippen LogP contribution in [0.5, 0.6) is 5.75 Å². The number of rotatable bonds is 6. The standard InChI is InChI=1S/C22H18ClN3O3/c1-2-11-28-16-6-3-5-14(12-16)21(27)25-18-13-15(8-9-17(18)23)22-26-20-19(29-22)7-4-10-24-20/h3-10,12-13H,2,11H2,1H3,(H,25,27). The summed E-state index contributed by atoms with van der Waals surface area (Å²) in [5, 5.41) is 3.25. The van der Waals surface area contributed by atoms with Crippen LogP contribution < -0.4 is 10.1 Å². The Kier molecular flexibility index (Phi) is 5.44. The fourth-order valence-corrected chi connectivity index (χ4v) is 2.95. The molecule has 2 aromatic heterocycles. The molecule has 6 nitrogen and oxygen atoms in total. The van der Waals surface area contributed by atoms with Crippen molar-refractivity contribution in [3.63, 3.8) is 0 Å². The van der Waals surface area contributed by atoms with Crippen molar-refractivity contribution in [3.8, 4) is 17.2 Å². The lowest BCUT2D eigenvalue weighted by Crippen LogP contribution is -2.12. The van der Waals surface area contributed by atoms with Gasteiger partial charge >= 0.3 is 0 Å². The first kappa shape index (κ1) is 19.0. The number of oxazole rings is 1. The molecule has 0 unspecified atom stereocenters. The first-order valence-electron chi connectivity index (χ1n) is 9.20. The van der Waals surface area contributed by atoms with Crippen LogP contribution in [-0.4, -0.2) is 22.5 Å². The molecule has 29 heavy (non-hydrogen) atoms. The van der Waals surface area contributed by atoms with Crippen LogP contribution in [0.1, 0.15) is 23.7 Å². The molecule has 2 heterocycles. The average Bonchev–Trinajstić information content (AvgIpc) is 3.18. The Hall–Kier alpha value is -3.38. The lowest BCUT2D eigenvalue weighted by molar-refractivity contribution is 0.102. The number of nitrogens with one attached hydrogen (secondary N) is 1. The third-order valence-electron chi connectivity index (χ3n) is 4.20. The predicted octanol–water partition coefficient (Wildman–Crippen LogP) is 5.58. The van der Waals surface area contributed by atoms with E-state index < -0.39 is 0 Å². The van der Waals surface area contributed by atoms with Crippen molar-refractivity contribution >= 4 is 34.4 Å². The molecule has 0 aliphatic rings. The van der Waals surface area contributed by atoms with E-state index in [9.17, 15) is 4.79 Å². The molecule has 0 fully saturated rings. The largest absolute Gasteiger partial charge is 0.494 e. The normalized spacial score (nSPS) is 10.8. The second kappa shape index (κ2) is 8.32. The number of pyridine rings is 1. The van der Waals surface area contributed by atoms with Gasteiger partial charge in [0, 0.05) is 17.3 Å². The molecular formula is C22H18ClN3O3. The predicted molar refractivity (Wildman–Crippen MR) is 112 cm³/mol. The van der Waals surface area contributed by atoms with Gasteiger partial charge in [0.05, 0.1) is 17.3 Å². The minimum Gasteiger partial charge on any atom is -0.494 e. The molecule has 0 atom stereocenters. The third-order valence-corrected chi connectivity index (χ3v) is 4.53. The summed E-state index contributed by atoms with van der Waals surface area (Å²) < 4.78 is 11.3. The molecule has 0 bridgehead atoms. The Morgan fingerprint density at radius 1 is 1.17 bits per heavy atom. The van der Waals surface area contributed by atoms with Crippen molar-refractivity contribution in [2.75, 3.05) is 11.9 Å². The SMILES string of the molecule is CCCOc1cccc(C(=O)Nc2cc(-c3nc4ncccc4o3)ccc2Cl)c1. The van der Waals surface area contributed by atoms with E-state index in [1.807, 2.05) is 13.0 Å². The smallest absolute Gasteiger partial charge is 0.255 e. The molecule has 0 radical (unpaired) electrons. The molecule has 0 aliphatic carbocycles. The van der Waals surface area contributed by atoms with Crippen LogP contribution in [0.4, 0.5) is 5.69 Å². The number of hydrogen-bond acceptors (Lipinski definition) is 5. The molecule has 4 rings (SSSR count). The molecular weight excluding hydrogens is 390 g/mol. The van der Waals surface area contributed by atoms with Crippen LogP contribution in [0, 0.1) is 0 Å². The van der Waals surface area contributed by atoms with E-state index in [-0.39, 0.29) is 5.91 Å². The molecule has 2 aromatic carbocycles. The second-order valence-corrected chi connectivity index (χ2v) is 6.78. The molecule has 0 saturated carbocycles. The number of carbonyl (C=O) groups excluding carboxylic acids is 1. The van der Waals surface area contributed by atoms with E-state index in [1.54, 1.807) is 54.7 Å². The number of amides is 1. The highest BCUT2D eigenvalue weighted by Gasteiger charge is 2.14. The number of hydrogen-bond donors (Lipinski definition) is 1. The van der Waals surface area contributed by atoms with Crippen LogP contribution in [0.2, 0.25) is 5.02 Å². The highest BCUT2D eigenvalue weighted by molar-refractivity contribution is 6.34. The van der Waals surface area contributed by atoms with Crippen LogP contribution >= 0.6 is 11.6 Å². The van der Waals surface area contributed by atoms with Crippen LogP contribution in [-0.2, 0) is 0 Å². The van der Waals surface area contributed by atoms with Crippen molar-refractivity contribution in [3.05, 3.63) is 71.4 Å². The van der Waals surface area contributed by atoms with Gasteiger partial charge in [-0.1, -0.05) is 24.6 Å². The average molecular weight is 408 g/mol. The van der Waals surface area contributed by atoms with Crippen molar-refractivity contribution in [1.29, 1.82) is 0 Å². The summed E-state index contributed by atoms with van der Waals surface area (Å²) in [6.45, 7) is 2.62. The Labute approximate surface area is 172 Å². The van der Waals surface area contributed by atoms with Crippen LogP contribution in [0.3, 0.4) is 0 Å². The van der Waals surface area contributed by atoms with E-state index in [4.69, 9.17) is 20.8 Å². The van der Waals surface area contributed by atoms with Gasteiger partial charge in [-0.25, -0.2) is 4.98 Å². The summed E-state index contributed by atoms with van der Waals surface area (Å²) >= 11 is 6.29. The van der Waals surface area contributed by atoms with Crippen molar-refractivity contribution in [2.24, 2.45) is 0 Å². The van der Waals surface area contributed by atoms with E-state index in [0.717, 1.165) is 6.42 Å². The van der Waals surface area contributed by atoms with Crippen LogP contribution in [0.15, 0.2) is 65.2 Å². The van der Waals surface area contributed by atoms with Gasteiger partial charge in [-0.05, 0) is 55.0 Å². The highest BCUT2D eigenvalue weighted by Crippen LogP contribution is 2.30. The first-order valence-corrected chi connectivity index (χ1v) is 9.57. The molecule has 0 spiro atoms. The number of benzene rings is 2. The maximum atomic E-state index is 12.7. The van der Waals surface area contributed by atoms with Gasteiger partial charge in [0.2, 0.25) is 5.89 Å². The van der Waals surface area contributed by atoms with Crippen molar-refractivity contribution in [1.82, 2.24) is 9.97 Å². The van der Waals surface area contributed by atoms with Gasteiger partial charge in [0.25, 0.3) is 5.91 Å². The van der Waals surface area contributed by atoms with Gasteiger partial charge in [-0.3, -0.25) is 4.79 Å². The number of anilines is 1. The van der Waals surface area contributed by atoms with E-state index >= 15 is 0 Å². The summed E-state index contributed by atoms with van der Waals surface area (Å²) in [5.74, 6) is 0.768. The minimum atomic E-state index is -0.287. The summed E-state index contributed by atoms with van der Waals surface area (Å²) in [4.78, 5) is 21.3. The summed E-state index contributed by atoms with van der Waals surface area (Å²) in [6.07, 6.45) is 2.55. The second-order valence-electron chi connectivity index (χ2n) is 6.37. The number of ether oxygens (including phenoxy) is 1. The maximum Gasteiger partial charge on any atom is 0.255 e. The lowest BCUT2D eigenvalue weighted by atomic mass is 10.1. The molecule has 1 amide bonds. The molecule has 0 aliphatic heterocycles. The maximum absolute atomic E-state index is 12.7. The van der Waals surface area contributed by atoms with Crippen LogP contribution in [0.25, 0.3) is 22.7 Å². The lowest BCUT2D eigenvalue weighted by Gasteiger charge is -2.10. The number of carbonyl (C=O) groups is 1. The van der Waals surface area contributed by atoms with E-state index in [0.29, 0.717) is 51.3 Å². The monoisotopic (exact) mass is 407 g/mol. The number of aromatic nitrogens is 2. The fourth-order valence-electron chi connectivity index (χ4n) is 2.79. The third kappa shape index (κ3) is 4.22. The van der Waals surface area contributed by atoms with E-state index in [2.05, 4.69) is 15.3 Å². The molecule has 7 heteroatoms. The Balaban J connectivity index is 1.59. The number of fused-ring (bicyclic) bond motifs is 1. The molecule has 0 saturated heterocycles. The molecule has 146 valence electrons.